The van der Waals surface area contributed by atoms with Crippen molar-refractivity contribution >= 4 is 13.8 Å². The van der Waals surface area contributed by atoms with Gasteiger partial charge in [-0.25, -0.2) is 4.57 Å². The van der Waals surface area contributed by atoms with Crippen molar-refractivity contribution in [3.8, 4) is 0 Å². The second-order valence-electron chi connectivity index (χ2n) is 9.01. The molecule has 0 aliphatic heterocycles. The van der Waals surface area contributed by atoms with E-state index in [1.165, 1.54) is 77.0 Å². The van der Waals surface area contributed by atoms with E-state index >= 15 is 0 Å². The predicted octanol–water partition coefficient (Wildman–Crippen LogP) is 5.90. The van der Waals surface area contributed by atoms with Crippen LogP contribution in [0.5, 0.6) is 0 Å². The van der Waals surface area contributed by atoms with Gasteiger partial charge in [0.2, 0.25) is 0 Å². The molecule has 1 unspecified atom stereocenters. The third-order valence-electron chi connectivity index (χ3n) is 5.28. The van der Waals surface area contributed by atoms with Gasteiger partial charge < -0.3 is 19.6 Å². The minimum Gasteiger partial charge on any atom is -0.463 e. The van der Waals surface area contributed by atoms with Gasteiger partial charge in [0.1, 0.15) is 12.7 Å². The molecule has 0 aromatic carbocycles. The van der Waals surface area contributed by atoms with E-state index in [1.807, 2.05) is 0 Å². The van der Waals surface area contributed by atoms with Gasteiger partial charge in [-0.15, -0.1) is 0 Å². The molecule has 3 N–H and O–H groups in total. The van der Waals surface area contributed by atoms with Crippen LogP contribution in [0.2, 0.25) is 0 Å². The van der Waals surface area contributed by atoms with Crippen molar-refractivity contribution in [2.45, 2.75) is 123 Å². The lowest BCUT2D eigenvalue weighted by atomic mass is 10.0. The number of hydrogen-bond acceptors (Lipinski definition) is 5. The molecule has 0 radical (unpaired) electrons. The number of hydrogen-bond donors (Lipinski definition) is 3. The van der Waals surface area contributed by atoms with E-state index in [1.54, 1.807) is 0 Å². The number of aliphatic hydroxyl groups is 1. The van der Waals surface area contributed by atoms with Gasteiger partial charge >= 0.3 is 13.8 Å². The molecule has 0 bridgehead atoms. The Labute approximate surface area is 189 Å². The number of unbranched alkanes of at least 4 members (excludes halogenated alkanes) is 13. The zero-order chi connectivity index (χ0) is 23.4. The molecule has 0 fully saturated rings. The molecular weight excluding hydrogens is 419 g/mol. The van der Waals surface area contributed by atoms with E-state index in [2.05, 4.69) is 18.4 Å². The van der Waals surface area contributed by atoms with Crippen LogP contribution in [0.15, 0.2) is 0 Å². The second-order valence-corrected chi connectivity index (χ2v) is 10.2. The molecule has 0 saturated heterocycles. The SMILES string of the molecule is CC(C)CCCCCCCCCCCCCCCCC(=O)OCC(O)COP(=O)(O)O. The fourth-order valence-electron chi connectivity index (χ4n) is 3.44. The number of phosphoric ester groups is 1. The summed E-state index contributed by atoms with van der Waals surface area (Å²) in [6.07, 6.45) is 18.0. The van der Waals surface area contributed by atoms with Gasteiger partial charge in [0, 0.05) is 6.42 Å². The minimum absolute atomic E-state index is 0.295. The number of phosphoric acid groups is 1. The summed E-state index contributed by atoms with van der Waals surface area (Å²) in [7, 11) is -4.62. The van der Waals surface area contributed by atoms with Crippen LogP contribution in [0.25, 0.3) is 0 Å². The zero-order valence-electron chi connectivity index (χ0n) is 19.8. The molecule has 8 heteroatoms. The summed E-state index contributed by atoms with van der Waals surface area (Å²) in [5.41, 5.74) is 0. The third-order valence-corrected chi connectivity index (χ3v) is 5.77. The number of carbonyl (C=O) groups excluding carboxylic acids is 1. The molecule has 0 rings (SSSR count). The Morgan fingerprint density at radius 2 is 1.16 bits per heavy atom. The van der Waals surface area contributed by atoms with Gasteiger partial charge in [0.15, 0.2) is 0 Å². The fraction of sp³-hybridized carbons (Fsp3) is 0.957. The molecule has 0 aromatic heterocycles. The summed E-state index contributed by atoms with van der Waals surface area (Å²) < 4.78 is 19.5. The quantitative estimate of drug-likeness (QED) is 0.103. The van der Waals surface area contributed by atoms with Crippen molar-refractivity contribution in [2.75, 3.05) is 13.2 Å². The highest BCUT2D eigenvalue weighted by Crippen LogP contribution is 2.35. The largest absolute Gasteiger partial charge is 0.469 e. The molecule has 1 atom stereocenters. The van der Waals surface area contributed by atoms with Crippen LogP contribution in [0, 0.1) is 5.92 Å². The standard InChI is InChI=1S/C23H47O7P/c1-21(2)17-15-13-11-9-7-5-3-4-6-8-10-12-14-16-18-23(25)29-19-22(24)20-30-31(26,27)28/h21-22,24H,3-20H2,1-2H3,(H2,26,27,28). The molecule has 0 aromatic rings. The Kier molecular flexibility index (Phi) is 19.9. The molecule has 0 amide bonds. The first kappa shape index (κ1) is 30.5. The monoisotopic (exact) mass is 466 g/mol. The van der Waals surface area contributed by atoms with Gasteiger partial charge in [0.05, 0.1) is 6.61 Å². The van der Waals surface area contributed by atoms with Crippen LogP contribution in [-0.2, 0) is 18.6 Å². The molecule has 7 nitrogen and oxygen atoms in total. The van der Waals surface area contributed by atoms with E-state index in [9.17, 15) is 14.5 Å². The highest BCUT2D eigenvalue weighted by Gasteiger charge is 2.17. The van der Waals surface area contributed by atoms with Gasteiger partial charge in [-0.05, 0) is 12.3 Å². The van der Waals surface area contributed by atoms with E-state index in [0.717, 1.165) is 25.2 Å². The number of rotatable bonds is 22. The molecule has 186 valence electrons. The fourth-order valence-corrected chi connectivity index (χ4v) is 3.80. The molecule has 0 heterocycles. The molecule has 0 saturated carbocycles. The first-order chi connectivity index (χ1) is 14.7. The van der Waals surface area contributed by atoms with Crippen molar-refractivity contribution < 1.29 is 33.5 Å². The molecule has 0 aliphatic carbocycles. The number of carbonyl (C=O) groups is 1. The summed E-state index contributed by atoms with van der Waals surface area (Å²) in [5, 5.41) is 9.44. The van der Waals surface area contributed by atoms with Crippen molar-refractivity contribution in [2.24, 2.45) is 5.92 Å². The minimum atomic E-state index is -4.62. The van der Waals surface area contributed by atoms with Crippen molar-refractivity contribution in [1.29, 1.82) is 0 Å². The average Bonchev–Trinajstić information content (AvgIpc) is 2.69. The predicted molar refractivity (Wildman–Crippen MR) is 124 cm³/mol. The first-order valence-electron chi connectivity index (χ1n) is 12.2. The van der Waals surface area contributed by atoms with Gasteiger partial charge in [-0.2, -0.15) is 0 Å². The van der Waals surface area contributed by atoms with Crippen LogP contribution in [0.3, 0.4) is 0 Å². The Balaban J connectivity index is 3.28. The third kappa shape index (κ3) is 25.7. The average molecular weight is 467 g/mol. The molecule has 31 heavy (non-hydrogen) atoms. The normalized spacial score (nSPS) is 13.0. The number of aliphatic hydroxyl groups excluding tert-OH is 1. The summed E-state index contributed by atoms with van der Waals surface area (Å²) in [6.45, 7) is 3.70. The summed E-state index contributed by atoms with van der Waals surface area (Å²) >= 11 is 0. The van der Waals surface area contributed by atoms with E-state index in [4.69, 9.17) is 14.5 Å². The van der Waals surface area contributed by atoms with Crippen LogP contribution in [-0.4, -0.2) is 40.2 Å². The Morgan fingerprint density at radius 1 is 0.742 bits per heavy atom. The van der Waals surface area contributed by atoms with E-state index in [-0.39, 0.29) is 6.61 Å². The first-order valence-corrected chi connectivity index (χ1v) is 13.8. The maximum Gasteiger partial charge on any atom is 0.469 e. The number of ether oxygens (including phenoxy) is 1. The van der Waals surface area contributed by atoms with Gasteiger partial charge in [0.25, 0.3) is 0 Å². The summed E-state index contributed by atoms with van der Waals surface area (Å²) in [5.74, 6) is 0.434. The Hall–Kier alpha value is -0.460. The van der Waals surface area contributed by atoms with Crippen molar-refractivity contribution in [3.63, 3.8) is 0 Å². The van der Waals surface area contributed by atoms with Crippen LogP contribution in [0.1, 0.15) is 117 Å². The van der Waals surface area contributed by atoms with Crippen LogP contribution in [0.4, 0.5) is 0 Å². The summed E-state index contributed by atoms with van der Waals surface area (Å²) in [6, 6.07) is 0. The zero-order valence-corrected chi connectivity index (χ0v) is 20.7. The topological polar surface area (TPSA) is 113 Å². The maximum atomic E-state index is 11.6. The number of esters is 1. The smallest absolute Gasteiger partial charge is 0.463 e. The maximum absolute atomic E-state index is 11.6. The lowest BCUT2D eigenvalue weighted by Gasteiger charge is -2.12. The second kappa shape index (κ2) is 20.2. The lowest BCUT2D eigenvalue weighted by molar-refractivity contribution is -0.147. The highest BCUT2D eigenvalue weighted by atomic mass is 31.2. The van der Waals surface area contributed by atoms with Gasteiger partial charge in [-0.1, -0.05) is 104 Å². The lowest BCUT2D eigenvalue weighted by Crippen LogP contribution is -2.23. The van der Waals surface area contributed by atoms with Crippen molar-refractivity contribution in [1.82, 2.24) is 0 Å². The van der Waals surface area contributed by atoms with Crippen LogP contribution < -0.4 is 0 Å². The van der Waals surface area contributed by atoms with Crippen LogP contribution >= 0.6 is 7.82 Å². The Morgan fingerprint density at radius 3 is 1.58 bits per heavy atom. The van der Waals surface area contributed by atoms with Gasteiger partial charge in [-0.3, -0.25) is 9.32 Å². The molecule has 0 spiro atoms. The van der Waals surface area contributed by atoms with E-state index in [0.29, 0.717) is 6.42 Å². The molecule has 0 aliphatic rings. The Bertz CT molecular complexity index is 465. The van der Waals surface area contributed by atoms with E-state index < -0.39 is 26.5 Å². The van der Waals surface area contributed by atoms with Crippen molar-refractivity contribution in [3.05, 3.63) is 0 Å². The highest BCUT2D eigenvalue weighted by molar-refractivity contribution is 7.46. The summed E-state index contributed by atoms with van der Waals surface area (Å²) in [4.78, 5) is 28.6. The molecular formula is C23H47O7P.